The normalized spacial score (nSPS) is 21.6. The van der Waals surface area contributed by atoms with Gasteiger partial charge in [0.15, 0.2) is 0 Å². The highest BCUT2D eigenvalue weighted by atomic mass is 35.5. The van der Waals surface area contributed by atoms with Crippen molar-refractivity contribution in [2.75, 3.05) is 39.5 Å². The van der Waals surface area contributed by atoms with Crippen molar-refractivity contribution in [1.29, 1.82) is 0 Å². The van der Waals surface area contributed by atoms with E-state index in [1.807, 2.05) is 13.0 Å². The lowest BCUT2D eigenvalue weighted by atomic mass is 9.85. The minimum atomic E-state index is -4.44. The molecule has 2 aliphatic rings. The van der Waals surface area contributed by atoms with E-state index in [1.165, 1.54) is 22.7 Å². The molecule has 0 unspecified atom stereocenters. The van der Waals surface area contributed by atoms with E-state index in [9.17, 15) is 26.4 Å². The number of halogens is 5. The molecule has 2 fully saturated rings. The van der Waals surface area contributed by atoms with Crippen LogP contribution in [0.25, 0.3) is 0 Å². The van der Waals surface area contributed by atoms with Crippen LogP contribution in [0.15, 0.2) is 42.5 Å². The van der Waals surface area contributed by atoms with Crippen LogP contribution in [-0.2, 0) is 16.2 Å². The number of hydrogen-bond acceptors (Lipinski definition) is 4. The molecule has 7 nitrogen and oxygen atoms in total. The summed E-state index contributed by atoms with van der Waals surface area (Å²) in [4.78, 5) is 17.0. The van der Waals surface area contributed by atoms with Gasteiger partial charge in [-0.3, -0.25) is 0 Å². The van der Waals surface area contributed by atoms with Crippen LogP contribution >= 0.6 is 23.2 Å². The van der Waals surface area contributed by atoms with Crippen molar-refractivity contribution in [2.45, 2.75) is 44.0 Å². The van der Waals surface area contributed by atoms with Crippen LogP contribution in [0.4, 0.5) is 18.0 Å². The lowest BCUT2D eigenvalue weighted by molar-refractivity contribution is -0.137. The highest BCUT2D eigenvalue weighted by Crippen LogP contribution is 2.39. The maximum Gasteiger partial charge on any atom is 0.416 e. The number of benzene rings is 2. The van der Waals surface area contributed by atoms with Gasteiger partial charge in [-0.05, 0) is 61.7 Å². The smallest absolute Gasteiger partial charge is 0.416 e. The summed E-state index contributed by atoms with van der Waals surface area (Å²) in [5, 5.41) is 0.792. The zero-order valence-corrected chi connectivity index (χ0v) is 24.7. The summed E-state index contributed by atoms with van der Waals surface area (Å²) < 4.78 is 70.2. The summed E-state index contributed by atoms with van der Waals surface area (Å²) in [5.41, 5.74) is 0.122. The predicted octanol–water partition coefficient (Wildman–Crippen LogP) is 5.97. The summed E-state index contributed by atoms with van der Waals surface area (Å²) in [5.74, 6) is -0.0373. The Balaban J connectivity index is 1.50. The molecule has 0 N–H and O–H groups in total. The highest BCUT2D eigenvalue weighted by Gasteiger charge is 2.42. The van der Waals surface area contributed by atoms with E-state index in [2.05, 4.69) is 0 Å². The van der Waals surface area contributed by atoms with Crippen LogP contribution in [0.3, 0.4) is 0 Å². The average molecular weight is 623 g/mol. The number of alkyl halides is 3. The first kappa shape index (κ1) is 30.7. The fourth-order valence-electron chi connectivity index (χ4n) is 5.47. The Bertz CT molecular complexity index is 1320. The number of hydrogen-bond donors (Lipinski definition) is 0. The Morgan fingerprint density at radius 1 is 1.02 bits per heavy atom. The van der Waals surface area contributed by atoms with Crippen molar-refractivity contribution in [1.82, 2.24) is 14.1 Å². The first-order valence-electron chi connectivity index (χ1n) is 12.9. The van der Waals surface area contributed by atoms with Crippen LogP contribution in [0.1, 0.15) is 36.8 Å². The Hall–Kier alpha value is -2.21. The Morgan fingerprint density at radius 2 is 1.65 bits per heavy atom. The van der Waals surface area contributed by atoms with Gasteiger partial charge in [0.05, 0.1) is 21.9 Å². The third-order valence-corrected chi connectivity index (χ3v) is 9.97. The molecule has 2 heterocycles. The molecule has 3 atom stereocenters. The number of carbonyl (C=O) groups is 1. The minimum Gasteiger partial charge on any atom is -0.490 e. The number of piperidine rings is 1. The second-order valence-corrected chi connectivity index (χ2v) is 13.3. The molecule has 2 aromatic carbocycles. The van der Waals surface area contributed by atoms with Crippen molar-refractivity contribution in [3.63, 3.8) is 0 Å². The van der Waals surface area contributed by atoms with E-state index in [0.29, 0.717) is 54.8 Å². The summed E-state index contributed by atoms with van der Waals surface area (Å²) >= 11 is 12.4. The fraction of sp³-hybridized carbons (Fsp3) is 0.519. The standard InChI is InChI=1S/C27H32Cl2F3N3O4S/c1-17(39-21-7-5-19(6-8-21)27(30,31)32)22-15-35(16-23(22)18-4-9-24(28)25(29)14-18)26(36)34-12-10-20(11-13-34)33(2)40(3,37)38/h4-9,14,17,20,22-23H,10-13,15-16H2,1-3H3/t17-,22+,23+/m1/s1. The molecule has 0 bridgehead atoms. The van der Waals surface area contributed by atoms with Gasteiger partial charge in [-0.2, -0.15) is 13.2 Å². The third kappa shape index (κ3) is 6.98. The molecule has 0 spiro atoms. The quantitative estimate of drug-likeness (QED) is 0.398. The number of amides is 2. The topological polar surface area (TPSA) is 70.2 Å². The fourth-order valence-corrected chi connectivity index (χ4v) is 6.53. The summed E-state index contributed by atoms with van der Waals surface area (Å²) in [6.07, 6.45) is -2.63. The molecule has 2 aliphatic heterocycles. The van der Waals surface area contributed by atoms with Crippen molar-refractivity contribution in [3.05, 3.63) is 63.6 Å². The monoisotopic (exact) mass is 621 g/mol. The van der Waals surface area contributed by atoms with Gasteiger partial charge in [-0.15, -0.1) is 0 Å². The molecule has 2 saturated heterocycles. The predicted molar refractivity (Wildman–Crippen MR) is 148 cm³/mol. The summed E-state index contributed by atoms with van der Waals surface area (Å²) in [6, 6.07) is 9.57. The van der Waals surface area contributed by atoms with Crippen molar-refractivity contribution in [3.8, 4) is 5.75 Å². The maximum atomic E-state index is 13.6. The number of carbonyl (C=O) groups excluding carboxylic acids is 1. The van der Waals surface area contributed by atoms with Crippen molar-refractivity contribution in [2.24, 2.45) is 5.92 Å². The lowest BCUT2D eigenvalue weighted by Gasteiger charge is -2.37. The van der Waals surface area contributed by atoms with Gasteiger partial charge in [0.25, 0.3) is 0 Å². The number of urea groups is 1. The van der Waals surface area contributed by atoms with Crippen LogP contribution in [-0.4, -0.2) is 80.2 Å². The molecule has 0 saturated carbocycles. The molecule has 0 aromatic heterocycles. The number of sulfonamides is 1. The van der Waals surface area contributed by atoms with Gasteiger partial charge in [-0.1, -0.05) is 29.3 Å². The Labute approximate surface area is 242 Å². The Kier molecular flexibility index (Phi) is 9.19. The number of ether oxygens (including phenoxy) is 1. The third-order valence-electron chi connectivity index (χ3n) is 7.89. The molecule has 2 aromatic rings. The van der Waals surface area contributed by atoms with Gasteiger partial charge in [0.1, 0.15) is 11.9 Å². The van der Waals surface area contributed by atoms with E-state index >= 15 is 0 Å². The lowest BCUT2D eigenvalue weighted by Crippen LogP contribution is -2.50. The molecule has 220 valence electrons. The molecule has 0 aliphatic carbocycles. The molecular weight excluding hydrogens is 590 g/mol. The van der Waals surface area contributed by atoms with Gasteiger partial charge in [-0.25, -0.2) is 17.5 Å². The number of nitrogens with zero attached hydrogens (tertiary/aromatic N) is 3. The minimum absolute atomic E-state index is 0.144. The zero-order chi connectivity index (χ0) is 29.4. The first-order chi connectivity index (χ1) is 18.6. The summed E-state index contributed by atoms with van der Waals surface area (Å²) in [6.45, 7) is 3.46. The maximum absolute atomic E-state index is 13.6. The van der Waals surface area contributed by atoms with E-state index in [0.717, 1.165) is 17.7 Å². The largest absolute Gasteiger partial charge is 0.490 e. The van der Waals surface area contributed by atoms with Crippen LogP contribution < -0.4 is 4.74 Å². The molecule has 4 rings (SSSR count). The van der Waals surface area contributed by atoms with Gasteiger partial charge < -0.3 is 14.5 Å². The zero-order valence-electron chi connectivity index (χ0n) is 22.4. The van der Waals surface area contributed by atoms with Crippen LogP contribution in [0.5, 0.6) is 5.75 Å². The first-order valence-corrected chi connectivity index (χ1v) is 15.5. The van der Waals surface area contributed by atoms with E-state index in [4.69, 9.17) is 27.9 Å². The second-order valence-electron chi connectivity index (χ2n) is 10.5. The number of likely N-dealkylation sites (tertiary alicyclic amines) is 2. The number of rotatable bonds is 6. The van der Waals surface area contributed by atoms with E-state index in [1.54, 1.807) is 29.0 Å². The molecule has 0 radical (unpaired) electrons. The SMILES string of the molecule is C[C@@H](Oc1ccc(C(F)(F)F)cc1)[C@@H]1CN(C(=O)N2CCC(N(C)S(C)(=O)=O)CC2)C[C@H]1c1ccc(Cl)c(Cl)c1. The van der Waals surface area contributed by atoms with Crippen LogP contribution in [0.2, 0.25) is 10.0 Å². The average Bonchev–Trinajstić information content (AvgIpc) is 3.34. The van der Waals surface area contributed by atoms with Gasteiger partial charge in [0, 0.05) is 51.1 Å². The molecule has 13 heteroatoms. The van der Waals surface area contributed by atoms with E-state index in [-0.39, 0.29) is 23.9 Å². The molecular formula is C27H32Cl2F3N3O4S. The second kappa shape index (κ2) is 12.0. The van der Waals surface area contributed by atoms with Gasteiger partial charge >= 0.3 is 12.2 Å². The summed E-state index contributed by atoms with van der Waals surface area (Å²) in [7, 11) is -1.77. The van der Waals surface area contributed by atoms with Gasteiger partial charge in [0.2, 0.25) is 10.0 Å². The van der Waals surface area contributed by atoms with Crippen molar-refractivity contribution >= 4 is 39.3 Å². The Morgan fingerprint density at radius 3 is 2.20 bits per heavy atom. The van der Waals surface area contributed by atoms with E-state index < -0.39 is 27.9 Å². The highest BCUT2D eigenvalue weighted by molar-refractivity contribution is 7.88. The van der Waals surface area contributed by atoms with Crippen LogP contribution in [0, 0.1) is 5.92 Å². The molecule has 40 heavy (non-hydrogen) atoms. The molecule has 2 amide bonds. The van der Waals surface area contributed by atoms with Crippen molar-refractivity contribution < 1.29 is 31.1 Å².